The maximum atomic E-state index is 13.4. The molecule has 0 saturated carbocycles. The molecule has 32 heavy (non-hydrogen) atoms. The summed E-state index contributed by atoms with van der Waals surface area (Å²) in [5, 5.41) is 13.1. The second kappa shape index (κ2) is 7.63. The van der Waals surface area contributed by atoms with Crippen molar-refractivity contribution in [3.8, 4) is 5.69 Å². The van der Waals surface area contributed by atoms with E-state index in [1.807, 2.05) is 37.3 Å². The first-order valence-electron chi connectivity index (χ1n) is 10.1. The van der Waals surface area contributed by atoms with Crippen molar-refractivity contribution in [1.29, 1.82) is 0 Å². The highest BCUT2D eigenvalue weighted by molar-refractivity contribution is 5.93. The van der Waals surface area contributed by atoms with Gasteiger partial charge in [0.05, 0.1) is 15.8 Å². The van der Waals surface area contributed by atoms with Crippen molar-refractivity contribution < 1.29 is 4.92 Å². The SMILES string of the molecule is Cc1[nH]c2ccccc2c1/C=C/c1nc2ccccc2c(=O)n1-c1ccccc1[N+](=O)[O-]. The molecule has 5 aromatic rings. The zero-order valence-corrected chi connectivity index (χ0v) is 17.1. The van der Waals surface area contributed by atoms with Crippen LogP contribution in [0, 0.1) is 17.0 Å². The Balaban J connectivity index is 1.79. The van der Waals surface area contributed by atoms with Gasteiger partial charge in [0.2, 0.25) is 0 Å². The molecular formula is C25H18N4O3. The molecule has 0 fully saturated rings. The Labute approximate surface area is 182 Å². The third kappa shape index (κ3) is 3.16. The van der Waals surface area contributed by atoms with Crippen LogP contribution in [0.15, 0.2) is 77.6 Å². The molecule has 0 radical (unpaired) electrons. The van der Waals surface area contributed by atoms with Crippen molar-refractivity contribution in [1.82, 2.24) is 14.5 Å². The molecule has 0 saturated heterocycles. The summed E-state index contributed by atoms with van der Waals surface area (Å²) in [6.07, 6.45) is 3.61. The molecule has 0 aliphatic heterocycles. The standard InChI is InChI=1S/C25H18N4O3/c1-16-17(18-8-2-4-10-20(18)26-16)14-15-24-27-21-11-5-3-9-19(21)25(30)28(24)22-12-6-7-13-23(22)29(31)32/h2-15,26H,1H3/b15-14+. The summed E-state index contributed by atoms with van der Waals surface area (Å²) in [7, 11) is 0. The number of aromatic nitrogens is 3. The average molecular weight is 422 g/mol. The van der Waals surface area contributed by atoms with Gasteiger partial charge in [-0.2, -0.15) is 0 Å². The van der Waals surface area contributed by atoms with Crippen LogP contribution in [-0.4, -0.2) is 19.5 Å². The Kier molecular flexibility index (Phi) is 4.63. The number of nitro benzene ring substituents is 1. The number of H-pyrrole nitrogens is 1. The summed E-state index contributed by atoms with van der Waals surface area (Å²) < 4.78 is 1.31. The molecule has 1 N–H and O–H groups in total. The van der Waals surface area contributed by atoms with Gasteiger partial charge in [0.25, 0.3) is 11.2 Å². The van der Waals surface area contributed by atoms with Gasteiger partial charge >= 0.3 is 0 Å². The van der Waals surface area contributed by atoms with E-state index in [1.54, 1.807) is 48.5 Å². The van der Waals surface area contributed by atoms with E-state index in [1.165, 1.54) is 10.6 Å². The van der Waals surface area contributed by atoms with Crippen LogP contribution in [0.1, 0.15) is 17.1 Å². The van der Waals surface area contributed by atoms with Gasteiger partial charge in [0.15, 0.2) is 0 Å². The molecule has 7 heteroatoms. The lowest BCUT2D eigenvalue weighted by Gasteiger charge is -2.11. The van der Waals surface area contributed by atoms with Crippen molar-refractivity contribution in [2.45, 2.75) is 6.92 Å². The van der Waals surface area contributed by atoms with Crippen LogP contribution in [0.4, 0.5) is 5.69 Å². The fourth-order valence-electron chi connectivity index (χ4n) is 3.97. The lowest BCUT2D eigenvalue weighted by molar-refractivity contribution is -0.384. The first-order chi connectivity index (χ1) is 15.5. The summed E-state index contributed by atoms with van der Waals surface area (Å²) in [4.78, 5) is 32.6. The van der Waals surface area contributed by atoms with Crippen LogP contribution >= 0.6 is 0 Å². The van der Waals surface area contributed by atoms with Gasteiger partial charge in [0.1, 0.15) is 11.5 Å². The van der Waals surface area contributed by atoms with Gasteiger partial charge in [0, 0.05) is 28.2 Å². The molecule has 3 aromatic carbocycles. The summed E-state index contributed by atoms with van der Waals surface area (Å²) in [5.74, 6) is 0.313. The fraction of sp³-hybridized carbons (Fsp3) is 0.0400. The molecule has 7 nitrogen and oxygen atoms in total. The second-order valence-electron chi connectivity index (χ2n) is 7.42. The molecule has 0 atom stereocenters. The number of fused-ring (bicyclic) bond motifs is 2. The largest absolute Gasteiger partial charge is 0.358 e. The van der Waals surface area contributed by atoms with Gasteiger partial charge in [-0.25, -0.2) is 4.98 Å². The molecule has 0 unspecified atom stereocenters. The Bertz CT molecular complexity index is 1590. The van der Waals surface area contributed by atoms with Crippen molar-refractivity contribution in [3.63, 3.8) is 0 Å². The third-order valence-electron chi connectivity index (χ3n) is 5.46. The smallest absolute Gasteiger partial charge is 0.293 e. The van der Waals surface area contributed by atoms with E-state index in [4.69, 9.17) is 0 Å². The molecule has 156 valence electrons. The third-order valence-corrected chi connectivity index (χ3v) is 5.46. The van der Waals surface area contributed by atoms with Crippen LogP contribution in [0.3, 0.4) is 0 Å². The highest BCUT2D eigenvalue weighted by atomic mass is 16.6. The fourth-order valence-corrected chi connectivity index (χ4v) is 3.97. The van der Waals surface area contributed by atoms with Crippen LogP contribution in [0.2, 0.25) is 0 Å². The lowest BCUT2D eigenvalue weighted by atomic mass is 10.1. The van der Waals surface area contributed by atoms with Crippen LogP contribution < -0.4 is 5.56 Å². The van der Waals surface area contributed by atoms with E-state index >= 15 is 0 Å². The van der Waals surface area contributed by atoms with Crippen molar-refractivity contribution >= 4 is 39.6 Å². The monoisotopic (exact) mass is 422 g/mol. The average Bonchev–Trinajstić information content (AvgIpc) is 3.12. The molecule has 0 aliphatic carbocycles. The van der Waals surface area contributed by atoms with Crippen LogP contribution in [-0.2, 0) is 0 Å². The van der Waals surface area contributed by atoms with Gasteiger partial charge in [-0.05, 0) is 43.3 Å². The molecule has 2 aromatic heterocycles. The van der Waals surface area contributed by atoms with Crippen molar-refractivity contribution in [2.24, 2.45) is 0 Å². The summed E-state index contributed by atoms with van der Waals surface area (Å²) in [6.45, 7) is 1.97. The van der Waals surface area contributed by atoms with E-state index in [-0.39, 0.29) is 16.9 Å². The highest BCUT2D eigenvalue weighted by Gasteiger charge is 2.19. The number of nitro groups is 1. The van der Waals surface area contributed by atoms with E-state index in [9.17, 15) is 14.9 Å². The maximum absolute atomic E-state index is 13.4. The number of aromatic amines is 1. The van der Waals surface area contributed by atoms with E-state index in [0.717, 1.165) is 22.2 Å². The van der Waals surface area contributed by atoms with Gasteiger partial charge in [-0.1, -0.05) is 42.5 Å². The number of para-hydroxylation sites is 4. The molecular weight excluding hydrogens is 404 g/mol. The quantitative estimate of drug-likeness (QED) is 0.316. The predicted molar refractivity (Wildman–Crippen MR) is 126 cm³/mol. The topological polar surface area (TPSA) is 93.8 Å². The Hall–Kier alpha value is -4.52. The first-order valence-corrected chi connectivity index (χ1v) is 10.1. The minimum Gasteiger partial charge on any atom is -0.358 e. The molecule has 0 spiro atoms. The minimum absolute atomic E-state index is 0.162. The normalized spacial score (nSPS) is 11.5. The number of nitrogens with one attached hydrogen (secondary N) is 1. The number of benzene rings is 3. The molecule has 0 amide bonds. The second-order valence-corrected chi connectivity index (χ2v) is 7.42. The lowest BCUT2D eigenvalue weighted by Crippen LogP contribution is -2.23. The molecule has 2 heterocycles. The van der Waals surface area contributed by atoms with E-state index < -0.39 is 4.92 Å². The van der Waals surface area contributed by atoms with E-state index in [2.05, 4.69) is 9.97 Å². The Morgan fingerprint density at radius 2 is 1.62 bits per heavy atom. The molecule has 5 rings (SSSR count). The van der Waals surface area contributed by atoms with Crippen LogP contribution in [0.5, 0.6) is 0 Å². The summed E-state index contributed by atoms with van der Waals surface area (Å²) in [5.41, 5.74) is 3.13. The molecule has 0 bridgehead atoms. The predicted octanol–water partition coefficient (Wildman–Crippen LogP) is 5.25. The number of aryl methyl sites for hydroxylation is 1. The van der Waals surface area contributed by atoms with Crippen molar-refractivity contribution in [3.05, 3.63) is 110 Å². The van der Waals surface area contributed by atoms with Gasteiger partial charge < -0.3 is 4.98 Å². The zero-order chi connectivity index (χ0) is 22.2. The number of hydrogen-bond acceptors (Lipinski definition) is 4. The van der Waals surface area contributed by atoms with Crippen LogP contribution in [0.25, 0.3) is 39.6 Å². The Morgan fingerprint density at radius 3 is 2.44 bits per heavy atom. The summed E-state index contributed by atoms with van der Waals surface area (Å²) >= 11 is 0. The number of hydrogen-bond donors (Lipinski definition) is 1. The summed E-state index contributed by atoms with van der Waals surface area (Å²) in [6, 6.07) is 21.1. The van der Waals surface area contributed by atoms with E-state index in [0.29, 0.717) is 16.7 Å². The highest BCUT2D eigenvalue weighted by Crippen LogP contribution is 2.26. The van der Waals surface area contributed by atoms with Crippen molar-refractivity contribution in [2.75, 3.05) is 0 Å². The minimum atomic E-state index is -0.492. The zero-order valence-electron chi connectivity index (χ0n) is 17.1. The van der Waals surface area contributed by atoms with Gasteiger partial charge in [-0.15, -0.1) is 0 Å². The number of rotatable bonds is 4. The van der Waals surface area contributed by atoms with Gasteiger partial charge in [-0.3, -0.25) is 19.5 Å². The first kappa shape index (κ1) is 19.4. The maximum Gasteiger partial charge on any atom is 0.293 e. The Morgan fingerprint density at radius 1 is 0.938 bits per heavy atom. The number of nitrogens with zero attached hydrogens (tertiary/aromatic N) is 3. The molecule has 0 aliphatic rings.